The van der Waals surface area contributed by atoms with Crippen LogP contribution in [0.5, 0.6) is 0 Å². The van der Waals surface area contributed by atoms with Crippen LogP contribution in [0.3, 0.4) is 0 Å². The van der Waals surface area contributed by atoms with Crippen LogP contribution in [0.2, 0.25) is 0 Å². The number of amides is 1. The van der Waals surface area contributed by atoms with E-state index in [9.17, 15) is 15.0 Å². The summed E-state index contributed by atoms with van der Waals surface area (Å²) in [6, 6.07) is -0.803. The first kappa shape index (κ1) is 11.7. The highest BCUT2D eigenvalue weighted by Gasteiger charge is 2.50. The van der Waals surface area contributed by atoms with Crippen molar-refractivity contribution >= 4 is 5.91 Å². The van der Waals surface area contributed by atoms with E-state index < -0.39 is 30.6 Å². The zero-order chi connectivity index (χ0) is 11.9. The molecular weight excluding hydrogens is 216 g/mol. The Balaban J connectivity index is 2.04. The van der Waals surface area contributed by atoms with Crippen LogP contribution in [0.4, 0.5) is 0 Å². The minimum Gasteiger partial charge on any atom is -0.388 e. The van der Waals surface area contributed by atoms with Gasteiger partial charge in [0, 0.05) is 6.92 Å². The number of nitrogens with two attached hydrogens (primary N) is 1. The Bertz CT molecular complexity index is 283. The van der Waals surface area contributed by atoms with Crippen molar-refractivity contribution < 1.29 is 24.5 Å². The largest absolute Gasteiger partial charge is 0.388 e. The SMILES string of the molecule is CC(=O)N[C@@H]1[C@@H](O)[C@H](O)[C@@H]([C@H]2CO2)O[C@H]1N. The lowest BCUT2D eigenvalue weighted by molar-refractivity contribution is -0.189. The molecule has 5 N–H and O–H groups in total. The summed E-state index contributed by atoms with van der Waals surface area (Å²) in [6.07, 6.45) is -3.95. The summed E-state index contributed by atoms with van der Waals surface area (Å²) in [7, 11) is 0. The summed E-state index contributed by atoms with van der Waals surface area (Å²) in [5.74, 6) is -0.337. The Hall–Kier alpha value is -0.730. The van der Waals surface area contributed by atoms with E-state index in [-0.39, 0.29) is 12.0 Å². The van der Waals surface area contributed by atoms with Crippen LogP contribution in [-0.2, 0) is 14.3 Å². The number of rotatable bonds is 2. The van der Waals surface area contributed by atoms with Crippen LogP contribution >= 0.6 is 0 Å². The lowest BCUT2D eigenvalue weighted by Gasteiger charge is -2.41. The lowest BCUT2D eigenvalue weighted by Crippen LogP contribution is -2.66. The van der Waals surface area contributed by atoms with Crippen LogP contribution in [-0.4, -0.2) is 59.4 Å². The standard InChI is InChI=1S/C9H16N2O5/c1-3(12)11-5-6(13)7(14)8(4-2-15-4)16-9(5)10/h4-9,13-14H,2,10H2,1H3,(H,11,12)/t4-,5-,6-,7+,8-,9-/m1/s1. The molecule has 2 saturated heterocycles. The molecule has 16 heavy (non-hydrogen) atoms. The van der Waals surface area contributed by atoms with E-state index in [2.05, 4.69) is 5.32 Å². The van der Waals surface area contributed by atoms with Crippen molar-refractivity contribution in [2.75, 3.05) is 6.61 Å². The Labute approximate surface area is 92.5 Å². The molecule has 0 aromatic heterocycles. The van der Waals surface area contributed by atoms with Crippen LogP contribution in [0.1, 0.15) is 6.92 Å². The van der Waals surface area contributed by atoms with Gasteiger partial charge >= 0.3 is 0 Å². The fourth-order valence-electron chi connectivity index (χ4n) is 1.90. The highest BCUT2D eigenvalue weighted by molar-refractivity contribution is 5.73. The molecule has 2 aliphatic rings. The smallest absolute Gasteiger partial charge is 0.217 e. The third kappa shape index (κ3) is 2.18. The number of aliphatic hydroxyl groups is 2. The molecule has 0 spiro atoms. The highest BCUT2D eigenvalue weighted by Crippen LogP contribution is 2.27. The summed E-state index contributed by atoms with van der Waals surface area (Å²) in [5, 5.41) is 22.1. The van der Waals surface area contributed by atoms with Crippen molar-refractivity contribution in [1.29, 1.82) is 0 Å². The van der Waals surface area contributed by atoms with Gasteiger partial charge in [0.25, 0.3) is 0 Å². The summed E-state index contributed by atoms with van der Waals surface area (Å²) in [5.41, 5.74) is 5.67. The third-order valence-corrected chi connectivity index (χ3v) is 2.82. The zero-order valence-electron chi connectivity index (χ0n) is 8.87. The van der Waals surface area contributed by atoms with Gasteiger partial charge in [-0.3, -0.25) is 4.79 Å². The van der Waals surface area contributed by atoms with Crippen LogP contribution in [0, 0.1) is 0 Å². The number of nitrogens with one attached hydrogen (secondary N) is 1. The first-order valence-corrected chi connectivity index (χ1v) is 5.16. The zero-order valence-corrected chi connectivity index (χ0v) is 8.87. The van der Waals surface area contributed by atoms with E-state index in [0.717, 1.165) is 0 Å². The molecule has 7 heteroatoms. The predicted molar refractivity (Wildman–Crippen MR) is 52.2 cm³/mol. The molecule has 1 amide bonds. The van der Waals surface area contributed by atoms with Crippen molar-refractivity contribution in [2.45, 2.75) is 43.6 Å². The molecule has 0 aromatic carbocycles. The lowest BCUT2D eigenvalue weighted by atomic mass is 9.94. The van der Waals surface area contributed by atoms with Crippen molar-refractivity contribution in [1.82, 2.24) is 5.32 Å². The average molecular weight is 232 g/mol. The third-order valence-electron chi connectivity index (χ3n) is 2.82. The highest BCUT2D eigenvalue weighted by atomic mass is 16.6. The maximum absolute atomic E-state index is 10.9. The summed E-state index contributed by atoms with van der Waals surface area (Å²) in [6.45, 7) is 1.80. The molecule has 0 bridgehead atoms. The van der Waals surface area contributed by atoms with E-state index in [1.165, 1.54) is 6.92 Å². The van der Waals surface area contributed by atoms with E-state index in [1.807, 2.05) is 0 Å². The van der Waals surface area contributed by atoms with Gasteiger partial charge in [0.2, 0.25) is 5.91 Å². The van der Waals surface area contributed by atoms with Gasteiger partial charge in [-0.05, 0) is 0 Å². The molecule has 2 fully saturated rings. The molecule has 2 aliphatic heterocycles. The molecule has 7 nitrogen and oxygen atoms in total. The molecule has 2 rings (SSSR count). The Morgan fingerprint density at radius 2 is 2.06 bits per heavy atom. The molecule has 0 unspecified atom stereocenters. The Morgan fingerprint density at radius 3 is 2.56 bits per heavy atom. The predicted octanol–water partition coefficient (Wildman–Crippen LogP) is -2.70. The molecule has 0 saturated carbocycles. The molecule has 6 atom stereocenters. The van der Waals surface area contributed by atoms with E-state index in [4.69, 9.17) is 15.2 Å². The van der Waals surface area contributed by atoms with Gasteiger partial charge in [-0.1, -0.05) is 0 Å². The average Bonchev–Trinajstić information content (AvgIpc) is 3.01. The summed E-state index contributed by atoms with van der Waals surface area (Å²) in [4.78, 5) is 10.9. The van der Waals surface area contributed by atoms with Crippen molar-refractivity contribution in [3.63, 3.8) is 0 Å². The maximum atomic E-state index is 10.9. The van der Waals surface area contributed by atoms with E-state index in [0.29, 0.717) is 6.61 Å². The monoisotopic (exact) mass is 232 g/mol. The number of ether oxygens (including phenoxy) is 2. The number of hydrogen-bond acceptors (Lipinski definition) is 6. The topological polar surface area (TPSA) is 117 Å². The Kier molecular flexibility index (Phi) is 3.13. The summed E-state index contributed by atoms with van der Waals surface area (Å²) < 4.78 is 10.3. The Morgan fingerprint density at radius 1 is 1.44 bits per heavy atom. The first-order chi connectivity index (χ1) is 7.50. The van der Waals surface area contributed by atoms with Gasteiger partial charge < -0.3 is 30.7 Å². The minimum absolute atomic E-state index is 0.214. The first-order valence-electron chi connectivity index (χ1n) is 5.16. The fraction of sp³-hybridized carbons (Fsp3) is 0.889. The van der Waals surface area contributed by atoms with Crippen LogP contribution in [0.15, 0.2) is 0 Å². The second-order valence-corrected chi connectivity index (χ2v) is 4.14. The molecule has 92 valence electrons. The van der Waals surface area contributed by atoms with Gasteiger partial charge in [0.15, 0.2) is 0 Å². The van der Waals surface area contributed by atoms with Crippen molar-refractivity contribution in [3.8, 4) is 0 Å². The van der Waals surface area contributed by atoms with Gasteiger partial charge in [0.1, 0.15) is 30.6 Å². The van der Waals surface area contributed by atoms with Crippen LogP contribution < -0.4 is 11.1 Å². The quantitative estimate of drug-likeness (QED) is 0.385. The van der Waals surface area contributed by atoms with Gasteiger partial charge in [-0.15, -0.1) is 0 Å². The molecule has 0 radical (unpaired) electrons. The second-order valence-electron chi connectivity index (χ2n) is 4.14. The number of carbonyl (C=O) groups excluding carboxylic acids is 1. The van der Waals surface area contributed by atoms with Crippen molar-refractivity contribution in [3.05, 3.63) is 0 Å². The maximum Gasteiger partial charge on any atom is 0.217 e. The van der Waals surface area contributed by atoms with Crippen LogP contribution in [0.25, 0.3) is 0 Å². The normalized spacial score (nSPS) is 47.5. The van der Waals surface area contributed by atoms with Crippen molar-refractivity contribution in [2.24, 2.45) is 5.73 Å². The summed E-state index contributed by atoms with van der Waals surface area (Å²) >= 11 is 0. The number of epoxide rings is 1. The van der Waals surface area contributed by atoms with Gasteiger partial charge in [-0.2, -0.15) is 0 Å². The van der Waals surface area contributed by atoms with E-state index >= 15 is 0 Å². The second kappa shape index (κ2) is 4.27. The van der Waals surface area contributed by atoms with Gasteiger partial charge in [-0.25, -0.2) is 0 Å². The molecule has 2 heterocycles. The molecular formula is C9H16N2O5. The molecule has 0 aromatic rings. The fourth-order valence-corrected chi connectivity index (χ4v) is 1.90. The number of hydrogen-bond donors (Lipinski definition) is 4. The number of carbonyl (C=O) groups is 1. The minimum atomic E-state index is -1.15. The molecule has 0 aliphatic carbocycles. The van der Waals surface area contributed by atoms with Gasteiger partial charge in [0.05, 0.1) is 12.6 Å². The number of aliphatic hydroxyl groups excluding tert-OH is 2. The van der Waals surface area contributed by atoms with E-state index in [1.54, 1.807) is 0 Å².